The van der Waals surface area contributed by atoms with Gasteiger partial charge in [0.15, 0.2) is 6.61 Å². The molecule has 0 heterocycles. The van der Waals surface area contributed by atoms with Crippen molar-refractivity contribution in [3.63, 3.8) is 0 Å². The number of amides is 1. The number of para-hydroxylation sites is 2. The zero-order valence-electron chi connectivity index (χ0n) is 13.5. The van der Waals surface area contributed by atoms with Crippen LogP contribution < -0.4 is 10.1 Å². The minimum Gasteiger partial charge on any atom is -0.482 e. The van der Waals surface area contributed by atoms with Crippen LogP contribution in [0.25, 0.3) is 0 Å². The molecule has 132 valence electrons. The molecule has 0 saturated carbocycles. The summed E-state index contributed by atoms with van der Waals surface area (Å²) in [6.07, 6.45) is -0.211. The Labute approximate surface area is 143 Å². The number of hydrogen-bond acceptors (Lipinski definition) is 2. The van der Waals surface area contributed by atoms with Crippen molar-refractivity contribution in [3.8, 4) is 5.75 Å². The predicted molar refractivity (Wildman–Crippen MR) is 89.0 cm³/mol. The summed E-state index contributed by atoms with van der Waals surface area (Å²) in [4.78, 5) is 12.5. The highest BCUT2D eigenvalue weighted by Gasteiger charge is 2.29. The Kier molecular flexibility index (Phi) is 4.97. The number of rotatable bonds is 4. The first kappa shape index (κ1) is 17.3. The third kappa shape index (κ3) is 4.53. The molecule has 6 heteroatoms. The van der Waals surface area contributed by atoms with Gasteiger partial charge in [0.2, 0.25) is 0 Å². The van der Waals surface area contributed by atoms with Gasteiger partial charge in [-0.25, -0.2) is 0 Å². The number of alkyl halides is 3. The number of hydrogen-bond donors (Lipinski definition) is 1. The lowest BCUT2D eigenvalue weighted by atomic mass is 9.90. The zero-order valence-corrected chi connectivity index (χ0v) is 13.5. The van der Waals surface area contributed by atoms with Crippen LogP contribution >= 0.6 is 0 Å². The summed E-state index contributed by atoms with van der Waals surface area (Å²) in [7, 11) is 0. The van der Waals surface area contributed by atoms with Crippen molar-refractivity contribution in [3.05, 3.63) is 59.2 Å². The number of carbonyl (C=O) groups is 1. The van der Waals surface area contributed by atoms with E-state index in [1.54, 1.807) is 18.2 Å². The quantitative estimate of drug-likeness (QED) is 0.864. The van der Waals surface area contributed by atoms with E-state index in [2.05, 4.69) is 5.32 Å². The minimum absolute atomic E-state index is 0.00821. The molecule has 0 spiro atoms. The van der Waals surface area contributed by atoms with E-state index in [0.717, 1.165) is 25.7 Å². The van der Waals surface area contributed by atoms with Crippen molar-refractivity contribution >= 4 is 11.6 Å². The summed E-state index contributed by atoms with van der Waals surface area (Å²) in [5.41, 5.74) is 3.14. The van der Waals surface area contributed by atoms with Crippen LogP contribution in [0.4, 0.5) is 18.9 Å². The molecule has 3 nitrogen and oxygen atoms in total. The molecule has 0 saturated heterocycles. The van der Waals surface area contributed by atoms with Gasteiger partial charge in [0.25, 0.3) is 5.91 Å². The Bertz CT molecular complexity index is 772. The number of fused-ring (bicyclic) bond motifs is 1. The number of halogens is 3. The highest BCUT2D eigenvalue weighted by molar-refractivity contribution is 6.05. The lowest BCUT2D eigenvalue weighted by Crippen LogP contribution is -2.20. The first-order chi connectivity index (χ1) is 11.9. The molecule has 3 rings (SSSR count). The third-order valence-electron chi connectivity index (χ3n) is 4.14. The van der Waals surface area contributed by atoms with E-state index in [1.807, 2.05) is 12.1 Å². The van der Waals surface area contributed by atoms with Crippen molar-refractivity contribution in [1.82, 2.24) is 0 Å². The maximum atomic E-state index is 12.5. The SMILES string of the molecule is O=C(Nc1ccccc1OCC(F)(F)F)c1ccc2c(c1)CCCC2. The molecule has 0 aliphatic heterocycles. The van der Waals surface area contributed by atoms with Gasteiger partial charge in [-0.15, -0.1) is 0 Å². The van der Waals surface area contributed by atoms with Gasteiger partial charge in [0.1, 0.15) is 5.75 Å². The van der Waals surface area contributed by atoms with Crippen molar-refractivity contribution in [2.45, 2.75) is 31.9 Å². The molecule has 0 fully saturated rings. The second-order valence-corrected chi connectivity index (χ2v) is 6.04. The van der Waals surface area contributed by atoms with E-state index in [9.17, 15) is 18.0 Å². The average molecular weight is 349 g/mol. The molecule has 1 N–H and O–H groups in total. The van der Waals surface area contributed by atoms with Gasteiger partial charge in [-0.05, 0) is 61.1 Å². The van der Waals surface area contributed by atoms with Gasteiger partial charge in [0.05, 0.1) is 5.69 Å². The molecule has 0 aromatic heterocycles. The molecule has 25 heavy (non-hydrogen) atoms. The van der Waals surface area contributed by atoms with Crippen LogP contribution in [0.15, 0.2) is 42.5 Å². The lowest BCUT2D eigenvalue weighted by molar-refractivity contribution is -0.153. The number of aryl methyl sites for hydroxylation is 2. The van der Waals surface area contributed by atoms with E-state index < -0.39 is 12.8 Å². The highest BCUT2D eigenvalue weighted by atomic mass is 19.4. The van der Waals surface area contributed by atoms with Gasteiger partial charge >= 0.3 is 6.18 Å². The largest absolute Gasteiger partial charge is 0.482 e. The molecule has 0 unspecified atom stereocenters. The van der Waals surface area contributed by atoms with Crippen molar-refractivity contribution in [2.24, 2.45) is 0 Å². The standard InChI is InChI=1S/C19H18F3NO2/c20-19(21,22)12-25-17-8-4-3-7-16(17)23-18(24)15-10-9-13-5-1-2-6-14(13)11-15/h3-4,7-11H,1-2,5-6,12H2,(H,23,24). The third-order valence-corrected chi connectivity index (χ3v) is 4.14. The molecule has 2 aromatic rings. The summed E-state index contributed by atoms with van der Waals surface area (Å²) < 4.78 is 41.8. The number of carbonyl (C=O) groups excluding carboxylic acids is 1. The van der Waals surface area contributed by atoms with E-state index >= 15 is 0 Å². The summed E-state index contributed by atoms with van der Waals surface area (Å²) >= 11 is 0. The van der Waals surface area contributed by atoms with Crippen LogP contribution in [-0.2, 0) is 12.8 Å². The topological polar surface area (TPSA) is 38.3 Å². The molecule has 1 amide bonds. The van der Waals surface area contributed by atoms with E-state index in [0.29, 0.717) is 5.56 Å². The summed E-state index contributed by atoms with van der Waals surface area (Å²) in [5, 5.41) is 2.64. The molecular weight excluding hydrogens is 331 g/mol. The maximum Gasteiger partial charge on any atom is 0.422 e. The summed E-state index contributed by atoms with van der Waals surface area (Å²) in [6, 6.07) is 11.7. The van der Waals surface area contributed by atoms with Crippen LogP contribution in [0.2, 0.25) is 0 Å². The van der Waals surface area contributed by atoms with Gasteiger partial charge < -0.3 is 10.1 Å². The highest BCUT2D eigenvalue weighted by Crippen LogP contribution is 2.27. The first-order valence-electron chi connectivity index (χ1n) is 8.14. The second-order valence-electron chi connectivity index (χ2n) is 6.04. The zero-order chi connectivity index (χ0) is 17.9. The second kappa shape index (κ2) is 7.17. The average Bonchev–Trinajstić information content (AvgIpc) is 2.60. The molecule has 0 atom stereocenters. The fourth-order valence-corrected chi connectivity index (χ4v) is 2.92. The molecule has 2 aromatic carbocycles. The van der Waals surface area contributed by atoms with Gasteiger partial charge in [-0.1, -0.05) is 18.2 Å². The Balaban J connectivity index is 1.75. The van der Waals surface area contributed by atoms with E-state index in [4.69, 9.17) is 4.74 Å². The molecule has 1 aliphatic carbocycles. The van der Waals surface area contributed by atoms with Crippen molar-refractivity contribution < 1.29 is 22.7 Å². The Morgan fingerprint density at radius 2 is 1.76 bits per heavy atom. The van der Waals surface area contributed by atoms with Crippen LogP contribution in [0, 0.1) is 0 Å². The molecule has 0 bridgehead atoms. The Morgan fingerprint density at radius 1 is 1.04 bits per heavy atom. The summed E-state index contributed by atoms with van der Waals surface area (Å²) in [5.74, 6) is -0.373. The normalized spacial score (nSPS) is 13.9. The number of ether oxygens (including phenoxy) is 1. The van der Waals surface area contributed by atoms with Crippen LogP contribution in [0.5, 0.6) is 5.75 Å². The van der Waals surface area contributed by atoms with Gasteiger partial charge in [-0.2, -0.15) is 13.2 Å². The predicted octanol–water partition coefficient (Wildman–Crippen LogP) is 4.76. The fourth-order valence-electron chi connectivity index (χ4n) is 2.92. The number of anilines is 1. The molecule has 0 radical (unpaired) electrons. The first-order valence-corrected chi connectivity index (χ1v) is 8.14. The lowest BCUT2D eigenvalue weighted by Gasteiger charge is -2.17. The van der Waals surface area contributed by atoms with Crippen molar-refractivity contribution in [1.29, 1.82) is 0 Å². The monoisotopic (exact) mass is 349 g/mol. The Morgan fingerprint density at radius 3 is 2.52 bits per heavy atom. The van der Waals surface area contributed by atoms with Gasteiger partial charge in [-0.3, -0.25) is 4.79 Å². The van der Waals surface area contributed by atoms with E-state index in [-0.39, 0.29) is 17.3 Å². The smallest absolute Gasteiger partial charge is 0.422 e. The minimum atomic E-state index is -4.43. The number of nitrogens with one attached hydrogen (secondary N) is 1. The molecule has 1 aliphatic rings. The molecular formula is C19H18F3NO2. The van der Waals surface area contributed by atoms with Crippen LogP contribution in [-0.4, -0.2) is 18.7 Å². The van der Waals surface area contributed by atoms with Gasteiger partial charge in [0, 0.05) is 5.56 Å². The number of benzene rings is 2. The van der Waals surface area contributed by atoms with Crippen LogP contribution in [0.3, 0.4) is 0 Å². The Hall–Kier alpha value is -2.50. The van der Waals surface area contributed by atoms with Crippen molar-refractivity contribution in [2.75, 3.05) is 11.9 Å². The summed E-state index contributed by atoms with van der Waals surface area (Å²) in [6.45, 7) is -1.40. The maximum absolute atomic E-state index is 12.5. The van der Waals surface area contributed by atoms with Crippen LogP contribution in [0.1, 0.15) is 34.3 Å². The fraction of sp³-hybridized carbons (Fsp3) is 0.316. The van der Waals surface area contributed by atoms with E-state index in [1.165, 1.54) is 23.3 Å².